The number of ether oxygens (including phenoxy) is 2. The first-order valence-corrected chi connectivity index (χ1v) is 9.85. The molecule has 0 aliphatic carbocycles. The average molecular weight is 436 g/mol. The van der Waals surface area contributed by atoms with Crippen LogP contribution in [0.5, 0.6) is 5.75 Å². The highest BCUT2D eigenvalue weighted by molar-refractivity contribution is 7.18. The fourth-order valence-corrected chi connectivity index (χ4v) is 4.10. The molecule has 0 N–H and O–H groups in total. The van der Waals surface area contributed by atoms with E-state index in [0.29, 0.717) is 15.4 Å². The van der Waals surface area contributed by atoms with E-state index in [1.807, 2.05) is 0 Å². The predicted molar refractivity (Wildman–Crippen MR) is 103 cm³/mol. The summed E-state index contributed by atoms with van der Waals surface area (Å²) < 4.78 is 51.5. The molecule has 156 valence electrons. The number of fused-ring (bicyclic) bond motifs is 2. The lowest BCUT2D eigenvalue weighted by Crippen LogP contribution is -2.46. The van der Waals surface area contributed by atoms with Gasteiger partial charge < -0.3 is 9.47 Å². The molecular formula is C20H15F3N2O4S. The minimum absolute atomic E-state index is 0.0390. The molecule has 1 atom stereocenters. The van der Waals surface area contributed by atoms with Gasteiger partial charge in [0.25, 0.3) is 5.91 Å². The molecule has 1 unspecified atom stereocenters. The standard InChI is InChI=1S/C20H15F3N2O4S/c1-2-28-19(26)8-16-20(27)25(14-4-3-10(21)5-15(14)29-16)9-18-24-13-6-11(22)12(23)7-17(13)30-18/h3-7,16H,2,8-9H2,1H3. The number of esters is 1. The quantitative estimate of drug-likeness (QED) is 0.567. The molecule has 4 rings (SSSR count). The minimum atomic E-state index is -1.19. The number of anilines is 1. The Bertz CT molecular complexity index is 1110. The summed E-state index contributed by atoms with van der Waals surface area (Å²) >= 11 is 1.10. The molecule has 2 aromatic carbocycles. The molecule has 1 aliphatic rings. The summed E-state index contributed by atoms with van der Waals surface area (Å²) in [4.78, 5) is 30.4. The number of hydrogen-bond acceptors (Lipinski definition) is 6. The Labute approximate surface area is 172 Å². The maximum atomic E-state index is 13.7. The molecule has 1 aromatic heterocycles. The van der Waals surface area contributed by atoms with Crippen molar-refractivity contribution in [3.63, 3.8) is 0 Å². The van der Waals surface area contributed by atoms with Gasteiger partial charge in [0.2, 0.25) is 0 Å². The third-order valence-corrected chi connectivity index (χ3v) is 5.45. The van der Waals surface area contributed by atoms with Crippen molar-refractivity contribution in [2.24, 2.45) is 0 Å². The zero-order valence-corrected chi connectivity index (χ0v) is 16.5. The van der Waals surface area contributed by atoms with Crippen molar-refractivity contribution in [1.82, 2.24) is 4.98 Å². The lowest BCUT2D eigenvalue weighted by atomic mass is 10.1. The van der Waals surface area contributed by atoms with Gasteiger partial charge in [-0.25, -0.2) is 18.2 Å². The molecule has 0 saturated heterocycles. The number of thiazole rings is 1. The molecule has 6 nitrogen and oxygen atoms in total. The van der Waals surface area contributed by atoms with Crippen LogP contribution in [0.2, 0.25) is 0 Å². The lowest BCUT2D eigenvalue weighted by molar-refractivity contribution is -0.147. The molecule has 30 heavy (non-hydrogen) atoms. The van der Waals surface area contributed by atoms with E-state index in [4.69, 9.17) is 9.47 Å². The van der Waals surface area contributed by atoms with Crippen molar-refractivity contribution < 1.29 is 32.2 Å². The van der Waals surface area contributed by atoms with Crippen molar-refractivity contribution in [2.75, 3.05) is 11.5 Å². The number of hydrogen-bond donors (Lipinski definition) is 0. The van der Waals surface area contributed by atoms with Crippen LogP contribution in [0.15, 0.2) is 30.3 Å². The minimum Gasteiger partial charge on any atom is -0.478 e. The third-order valence-electron chi connectivity index (χ3n) is 4.45. The highest BCUT2D eigenvalue weighted by Gasteiger charge is 2.37. The van der Waals surface area contributed by atoms with E-state index in [1.54, 1.807) is 6.92 Å². The number of carbonyl (C=O) groups excluding carboxylic acids is 2. The molecule has 2 heterocycles. The van der Waals surface area contributed by atoms with Gasteiger partial charge in [0.1, 0.15) is 16.6 Å². The van der Waals surface area contributed by atoms with Crippen LogP contribution < -0.4 is 9.64 Å². The van der Waals surface area contributed by atoms with Crippen molar-refractivity contribution in [3.8, 4) is 5.75 Å². The second kappa shape index (κ2) is 7.94. The number of nitrogens with zero attached hydrogens (tertiary/aromatic N) is 2. The fraction of sp³-hybridized carbons (Fsp3) is 0.250. The molecule has 1 amide bonds. The van der Waals surface area contributed by atoms with E-state index >= 15 is 0 Å². The predicted octanol–water partition coefficient (Wildman–Crippen LogP) is 3.96. The zero-order chi connectivity index (χ0) is 21.4. The Kier molecular flexibility index (Phi) is 5.33. The Hall–Kier alpha value is -3.14. The van der Waals surface area contributed by atoms with Gasteiger partial charge in [0, 0.05) is 12.1 Å². The van der Waals surface area contributed by atoms with E-state index in [1.165, 1.54) is 17.0 Å². The number of rotatable bonds is 5. The summed E-state index contributed by atoms with van der Waals surface area (Å²) in [5.41, 5.74) is 0.565. The van der Waals surface area contributed by atoms with Crippen molar-refractivity contribution in [2.45, 2.75) is 26.0 Å². The van der Waals surface area contributed by atoms with E-state index in [-0.39, 0.29) is 30.8 Å². The molecule has 0 saturated carbocycles. The maximum absolute atomic E-state index is 13.7. The summed E-state index contributed by atoms with van der Waals surface area (Å²) in [5.74, 6) is -3.63. The molecule has 10 heteroatoms. The van der Waals surface area contributed by atoms with Gasteiger partial charge in [0.05, 0.1) is 35.5 Å². The summed E-state index contributed by atoms with van der Waals surface area (Å²) in [6.07, 6.45) is -1.53. The third kappa shape index (κ3) is 3.82. The first-order chi connectivity index (χ1) is 14.4. The highest BCUT2D eigenvalue weighted by Crippen LogP contribution is 2.37. The van der Waals surface area contributed by atoms with Crippen molar-refractivity contribution in [1.29, 1.82) is 0 Å². The summed E-state index contributed by atoms with van der Waals surface area (Å²) in [6.45, 7) is 1.74. The summed E-state index contributed by atoms with van der Waals surface area (Å²) in [5, 5.41) is 0.412. The van der Waals surface area contributed by atoms with Crippen LogP contribution in [0.1, 0.15) is 18.4 Å². The van der Waals surface area contributed by atoms with Gasteiger partial charge in [0.15, 0.2) is 17.7 Å². The Morgan fingerprint density at radius 1 is 1.23 bits per heavy atom. The van der Waals surface area contributed by atoms with Gasteiger partial charge in [-0.3, -0.25) is 14.5 Å². The van der Waals surface area contributed by atoms with Crippen molar-refractivity contribution in [3.05, 3.63) is 52.8 Å². The van der Waals surface area contributed by atoms with Gasteiger partial charge in [-0.1, -0.05) is 0 Å². The first-order valence-electron chi connectivity index (χ1n) is 9.03. The zero-order valence-electron chi connectivity index (χ0n) is 15.7. The molecule has 1 aliphatic heterocycles. The number of halogens is 3. The van der Waals surface area contributed by atoms with E-state index in [9.17, 15) is 22.8 Å². The molecular weight excluding hydrogens is 421 g/mol. The van der Waals surface area contributed by atoms with Crippen LogP contribution in [-0.4, -0.2) is 29.6 Å². The molecule has 0 spiro atoms. The SMILES string of the molecule is CCOC(=O)CC1Oc2cc(F)ccc2N(Cc2nc3cc(F)c(F)cc3s2)C1=O. The molecule has 3 aromatic rings. The molecule has 0 radical (unpaired) electrons. The average Bonchev–Trinajstić information content (AvgIpc) is 3.06. The van der Waals surface area contributed by atoms with Gasteiger partial charge in [-0.2, -0.15) is 0 Å². The van der Waals surface area contributed by atoms with Crippen LogP contribution in [0, 0.1) is 17.5 Å². The van der Waals surface area contributed by atoms with Crippen LogP contribution in [-0.2, 0) is 20.9 Å². The first kappa shape index (κ1) is 20.1. The summed E-state index contributed by atoms with van der Waals surface area (Å²) in [6, 6.07) is 5.71. The number of aromatic nitrogens is 1. The molecule has 0 fully saturated rings. The normalized spacial score (nSPS) is 15.8. The van der Waals surface area contributed by atoms with Crippen LogP contribution in [0.25, 0.3) is 10.2 Å². The Balaban J connectivity index is 1.68. The van der Waals surface area contributed by atoms with Crippen LogP contribution in [0.4, 0.5) is 18.9 Å². The largest absolute Gasteiger partial charge is 0.478 e. The van der Waals surface area contributed by atoms with Crippen molar-refractivity contribution >= 4 is 39.1 Å². The van der Waals surface area contributed by atoms with Crippen LogP contribution in [0.3, 0.4) is 0 Å². The number of amides is 1. The smallest absolute Gasteiger partial charge is 0.310 e. The maximum Gasteiger partial charge on any atom is 0.310 e. The van der Waals surface area contributed by atoms with E-state index in [2.05, 4.69) is 4.98 Å². The van der Waals surface area contributed by atoms with E-state index in [0.717, 1.165) is 29.5 Å². The second-order valence-electron chi connectivity index (χ2n) is 6.49. The Morgan fingerprint density at radius 3 is 2.77 bits per heavy atom. The topological polar surface area (TPSA) is 68.7 Å². The van der Waals surface area contributed by atoms with Gasteiger partial charge >= 0.3 is 5.97 Å². The van der Waals surface area contributed by atoms with Crippen LogP contribution >= 0.6 is 11.3 Å². The summed E-state index contributed by atoms with van der Waals surface area (Å²) in [7, 11) is 0. The second-order valence-corrected chi connectivity index (χ2v) is 7.61. The number of carbonyl (C=O) groups is 2. The monoisotopic (exact) mass is 436 g/mol. The Morgan fingerprint density at radius 2 is 2.00 bits per heavy atom. The van der Waals surface area contributed by atoms with Gasteiger partial charge in [-0.05, 0) is 25.1 Å². The number of benzene rings is 2. The lowest BCUT2D eigenvalue weighted by Gasteiger charge is -2.33. The highest BCUT2D eigenvalue weighted by atomic mass is 32.1. The fourth-order valence-electron chi connectivity index (χ4n) is 3.14. The molecule has 0 bridgehead atoms. The van der Waals surface area contributed by atoms with Gasteiger partial charge in [-0.15, -0.1) is 11.3 Å². The van der Waals surface area contributed by atoms with E-state index < -0.39 is 35.4 Å².